The first-order valence-electron chi connectivity index (χ1n) is 13.9. The summed E-state index contributed by atoms with van der Waals surface area (Å²) in [7, 11) is -4.17. The van der Waals surface area contributed by atoms with Crippen LogP contribution in [0.1, 0.15) is 74.0 Å². The van der Waals surface area contributed by atoms with E-state index in [-0.39, 0.29) is 22.1 Å². The molecule has 0 bridgehead atoms. The van der Waals surface area contributed by atoms with Crippen molar-refractivity contribution in [3.05, 3.63) is 47.9 Å². The number of carbonyl (C=O) groups is 1. The van der Waals surface area contributed by atoms with Gasteiger partial charge in [-0.25, -0.2) is 0 Å². The van der Waals surface area contributed by atoms with Gasteiger partial charge in [0.05, 0.1) is 12.0 Å². The summed E-state index contributed by atoms with van der Waals surface area (Å²) >= 11 is 0. The molecule has 0 saturated heterocycles. The van der Waals surface area contributed by atoms with E-state index in [1.165, 1.54) is 0 Å². The van der Waals surface area contributed by atoms with Crippen molar-refractivity contribution in [2.45, 2.75) is 111 Å². The van der Waals surface area contributed by atoms with E-state index in [4.69, 9.17) is 18.3 Å². The minimum absolute atomic E-state index is 0.0248. The average molecular weight is 572 g/mol. The Kier molecular flexibility index (Phi) is 8.70. The zero-order valence-electron chi connectivity index (χ0n) is 26.3. The maximum atomic E-state index is 13.0. The quantitative estimate of drug-likeness (QED) is 0.188. The maximum Gasteiger partial charge on any atom is 0.316 e. The summed E-state index contributed by atoms with van der Waals surface area (Å²) in [6.07, 6.45) is 2.93. The fourth-order valence-corrected chi connectivity index (χ4v) is 5.68. The number of ether oxygens (including phenoxy) is 2. The van der Waals surface area contributed by atoms with Crippen LogP contribution in [0.2, 0.25) is 36.3 Å². The maximum absolute atomic E-state index is 13.0. The zero-order chi connectivity index (χ0) is 29.6. The third-order valence-corrected chi connectivity index (χ3v) is 17.3. The standard InChI is InChI=1S/C31H49NO5Si2/c1-29(2,3)28(33)36-27-22(17-16-21-15-14-18-32-26(21)27)23-19-24(37-39(12,13)31(7,8)9)25(35-23)20-34-38(10,11)30(4,5)6/h14-19,23,25H,20H2,1-13H3/t23-,25-/m1/s1. The lowest BCUT2D eigenvalue weighted by molar-refractivity contribution is -0.143. The second-order valence-corrected chi connectivity index (χ2v) is 24.3. The number of benzene rings is 1. The topological polar surface area (TPSA) is 66.9 Å². The van der Waals surface area contributed by atoms with Crippen LogP contribution in [0.25, 0.3) is 10.9 Å². The Morgan fingerprint density at radius 3 is 2.10 bits per heavy atom. The molecular formula is C31H49NO5Si2. The van der Waals surface area contributed by atoms with E-state index in [1.54, 1.807) is 6.20 Å². The SMILES string of the molecule is CC(C)(C)C(=O)Oc1c([C@H]2C=C(O[Si](C)(C)C(C)(C)C)[C@@H](CO[Si](C)(C)C(C)(C)C)O2)ccc2cccnc12. The third-order valence-electron chi connectivity index (χ3n) is 8.40. The van der Waals surface area contributed by atoms with Crippen LogP contribution < -0.4 is 4.74 Å². The highest BCUT2D eigenvalue weighted by molar-refractivity contribution is 6.74. The predicted octanol–water partition coefficient (Wildman–Crippen LogP) is 8.55. The highest BCUT2D eigenvalue weighted by atomic mass is 28.4. The molecule has 0 N–H and O–H groups in total. The van der Waals surface area contributed by atoms with Crippen LogP contribution in [0.4, 0.5) is 0 Å². The minimum atomic E-state index is -2.15. The van der Waals surface area contributed by atoms with Gasteiger partial charge in [-0.3, -0.25) is 9.78 Å². The molecule has 0 radical (unpaired) electrons. The van der Waals surface area contributed by atoms with Gasteiger partial charge in [-0.2, -0.15) is 0 Å². The molecular weight excluding hydrogens is 523 g/mol. The molecule has 0 amide bonds. The molecule has 2 heterocycles. The molecule has 3 rings (SSSR count). The Labute approximate surface area is 237 Å². The van der Waals surface area contributed by atoms with Gasteiger partial charge in [0.1, 0.15) is 23.5 Å². The monoisotopic (exact) mass is 571 g/mol. The van der Waals surface area contributed by atoms with Gasteiger partial charge in [0.2, 0.25) is 8.32 Å². The Morgan fingerprint density at radius 1 is 0.923 bits per heavy atom. The highest BCUT2D eigenvalue weighted by Gasteiger charge is 2.44. The number of fused-ring (bicyclic) bond motifs is 1. The van der Waals surface area contributed by atoms with Gasteiger partial charge >= 0.3 is 5.97 Å². The molecule has 1 aliphatic heterocycles. The van der Waals surface area contributed by atoms with E-state index in [9.17, 15) is 4.79 Å². The van der Waals surface area contributed by atoms with Crippen LogP contribution in [-0.2, 0) is 18.4 Å². The van der Waals surface area contributed by atoms with Gasteiger partial charge < -0.3 is 18.3 Å². The van der Waals surface area contributed by atoms with Gasteiger partial charge in [0.25, 0.3) is 0 Å². The van der Waals surface area contributed by atoms with Gasteiger partial charge in [0, 0.05) is 17.1 Å². The molecule has 0 fully saturated rings. The van der Waals surface area contributed by atoms with Crippen LogP contribution >= 0.6 is 0 Å². The summed E-state index contributed by atoms with van der Waals surface area (Å²) in [5, 5.41) is 1.00. The first-order valence-corrected chi connectivity index (χ1v) is 19.8. The molecule has 0 unspecified atom stereocenters. The Bertz CT molecular complexity index is 1230. The fraction of sp³-hybridized carbons (Fsp3) is 0.613. The van der Waals surface area contributed by atoms with Crippen molar-refractivity contribution < 1.29 is 23.1 Å². The van der Waals surface area contributed by atoms with E-state index >= 15 is 0 Å². The smallest absolute Gasteiger partial charge is 0.316 e. The number of carbonyl (C=O) groups excluding carboxylic acids is 1. The average Bonchev–Trinajstić information content (AvgIpc) is 3.17. The van der Waals surface area contributed by atoms with E-state index in [0.29, 0.717) is 17.9 Å². The summed E-state index contributed by atoms with van der Waals surface area (Å²) < 4.78 is 26.2. The van der Waals surface area contributed by atoms with E-state index in [0.717, 1.165) is 16.7 Å². The summed E-state index contributed by atoms with van der Waals surface area (Å²) in [6.45, 7) is 28.3. The first-order chi connectivity index (χ1) is 17.6. The molecule has 216 valence electrons. The number of esters is 1. The van der Waals surface area contributed by atoms with Gasteiger partial charge in [-0.1, -0.05) is 59.7 Å². The number of rotatable bonds is 7. The number of nitrogens with zero attached hydrogens (tertiary/aromatic N) is 1. The summed E-state index contributed by atoms with van der Waals surface area (Å²) in [5.41, 5.74) is 0.721. The van der Waals surface area contributed by atoms with Gasteiger partial charge in [0.15, 0.2) is 14.1 Å². The van der Waals surface area contributed by atoms with Crippen molar-refractivity contribution in [3.8, 4) is 5.75 Å². The van der Waals surface area contributed by atoms with Crippen molar-refractivity contribution in [2.75, 3.05) is 6.61 Å². The molecule has 0 spiro atoms. The Balaban J connectivity index is 2.06. The zero-order valence-corrected chi connectivity index (χ0v) is 28.3. The number of aromatic nitrogens is 1. The summed E-state index contributed by atoms with van der Waals surface area (Å²) in [6, 6.07) is 7.81. The molecule has 8 heteroatoms. The lowest BCUT2D eigenvalue weighted by Crippen LogP contribution is -2.44. The van der Waals surface area contributed by atoms with Crippen molar-refractivity contribution in [2.24, 2.45) is 5.41 Å². The number of hydrogen-bond acceptors (Lipinski definition) is 6. The molecule has 0 saturated carbocycles. The fourth-order valence-electron chi connectivity index (χ4n) is 3.58. The van der Waals surface area contributed by atoms with Crippen molar-refractivity contribution in [3.63, 3.8) is 0 Å². The van der Waals surface area contributed by atoms with Crippen LogP contribution in [0.5, 0.6) is 5.75 Å². The summed E-state index contributed by atoms with van der Waals surface area (Å²) in [4.78, 5) is 17.6. The molecule has 1 aromatic heterocycles. The lowest BCUT2D eigenvalue weighted by atomic mass is 9.97. The van der Waals surface area contributed by atoms with E-state index in [2.05, 4.69) is 72.7 Å². The lowest BCUT2D eigenvalue weighted by Gasteiger charge is -2.39. The van der Waals surface area contributed by atoms with Crippen LogP contribution in [0, 0.1) is 5.41 Å². The number of pyridine rings is 1. The Morgan fingerprint density at radius 2 is 1.54 bits per heavy atom. The van der Waals surface area contributed by atoms with Crippen molar-refractivity contribution in [1.82, 2.24) is 4.98 Å². The molecule has 2 aromatic rings. The third kappa shape index (κ3) is 7.02. The van der Waals surface area contributed by atoms with Crippen LogP contribution in [0.15, 0.2) is 42.3 Å². The minimum Gasteiger partial charge on any atom is -0.545 e. The van der Waals surface area contributed by atoms with Gasteiger partial charge in [-0.05, 0) is 69.2 Å². The van der Waals surface area contributed by atoms with Crippen LogP contribution in [-0.4, -0.2) is 40.3 Å². The highest BCUT2D eigenvalue weighted by Crippen LogP contribution is 2.45. The molecule has 0 aliphatic carbocycles. The molecule has 39 heavy (non-hydrogen) atoms. The summed E-state index contributed by atoms with van der Waals surface area (Å²) in [5.74, 6) is 0.922. The van der Waals surface area contributed by atoms with Crippen LogP contribution in [0.3, 0.4) is 0 Å². The molecule has 6 nitrogen and oxygen atoms in total. The molecule has 1 aliphatic rings. The largest absolute Gasteiger partial charge is 0.545 e. The van der Waals surface area contributed by atoms with Gasteiger partial charge in [-0.15, -0.1) is 0 Å². The van der Waals surface area contributed by atoms with E-state index < -0.39 is 28.2 Å². The molecule has 2 atom stereocenters. The normalized spacial score (nSPS) is 19.3. The predicted molar refractivity (Wildman–Crippen MR) is 164 cm³/mol. The second-order valence-electron chi connectivity index (χ2n) is 14.7. The second kappa shape index (κ2) is 10.8. The first kappa shape index (κ1) is 31.5. The van der Waals surface area contributed by atoms with Crippen molar-refractivity contribution in [1.29, 1.82) is 0 Å². The van der Waals surface area contributed by atoms with E-state index in [1.807, 2.05) is 51.1 Å². The Hall–Kier alpha value is -2.01. The number of hydrogen-bond donors (Lipinski definition) is 0. The van der Waals surface area contributed by atoms with Crippen molar-refractivity contribution >= 4 is 33.5 Å². The molecule has 1 aromatic carbocycles.